The largest absolute Gasteiger partial charge is 0.327 e. The average Bonchev–Trinajstić information content (AvgIpc) is 2.86. The van der Waals surface area contributed by atoms with E-state index in [1.165, 1.54) is 0 Å². The minimum Gasteiger partial charge on any atom is -0.327 e. The van der Waals surface area contributed by atoms with Gasteiger partial charge in [-0.25, -0.2) is 4.68 Å². The number of carbonyl (C=O) groups excluding carboxylic acids is 1. The Labute approximate surface area is 151 Å². The first-order valence-electron chi connectivity index (χ1n) is 8.61. The van der Waals surface area contributed by atoms with Crippen LogP contribution >= 0.6 is 0 Å². The molecule has 1 heterocycles. The highest BCUT2D eigenvalue weighted by Crippen LogP contribution is 2.18. The van der Waals surface area contributed by atoms with E-state index < -0.39 is 0 Å². The van der Waals surface area contributed by atoms with Gasteiger partial charge in [0.1, 0.15) is 6.79 Å². The molecule has 0 spiro atoms. The first-order chi connectivity index (χ1) is 12.2. The summed E-state index contributed by atoms with van der Waals surface area (Å²) in [5, 5.41) is 11.1. The maximum atomic E-state index is 8.00. The topological polar surface area (TPSA) is 71.8 Å². The maximum absolute atomic E-state index is 8.00. The molecule has 2 rings (SSSR count). The second kappa shape index (κ2) is 13.9. The van der Waals surface area contributed by atoms with Crippen molar-refractivity contribution in [3.8, 4) is 0 Å². The summed E-state index contributed by atoms with van der Waals surface area (Å²) in [6.45, 7) is 11.8. The number of aryl methyl sites for hydroxylation is 1. The summed E-state index contributed by atoms with van der Waals surface area (Å²) in [6.07, 6.45) is 13.3. The molecule has 1 aliphatic rings. The third-order valence-corrected chi connectivity index (χ3v) is 3.20. The summed E-state index contributed by atoms with van der Waals surface area (Å²) in [5.41, 5.74) is 2.14. The quantitative estimate of drug-likeness (QED) is 0.826. The van der Waals surface area contributed by atoms with Gasteiger partial charge in [-0.05, 0) is 19.9 Å². The van der Waals surface area contributed by atoms with Crippen molar-refractivity contribution in [1.29, 1.82) is 0 Å². The minimum atomic E-state index is 0.749. The van der Waals surface area contributed by atoms with Gasteiger partial charge in [-0.1, -0.05) is 57.2 Å². The predicted octanol–water partition coefficient (Wildman–Crippen LogP) is 3.48. The van der Waals surface area contributed by atoms with Gasteiger partial charge in [0.2, 0.25) is 5.95 Å². The number of aromatic nitrogens is 3. The second-order valence-electron chi connectivity index (χ2n) is 4.78. The third-order valence-electron chi connectivity index (χ3n) is 3.20. The smallest absolute Gasteiger partial charge is 0.225 e. The Morgan fingerprint density at radius 3 is 2.72 bits per heavy atom. The number of hydrogen-bond donors (Lipinski definition) is 2. The highest BCUT2D eigenvalue weighted by molar-refractivity contribution is 5.71. The van der Waals surface area contributed by atoms with Crippen molar-refractivity contribution in [2.24, 2.45) is 7.05 Å². The summed E-state index contributed by atoms with van der Waals surface area (Å²) < 4.78 is 1.78. The van der Waals surface area contributed by atoms with Gasteiger partial charge < -0.3 is 15.4 Å². The van der Waals surface area contributed by atoms with Crippen molar-refractivity contribution in [1.82, 2.24) is 20.1 Å². The number of anilines is 1. The van der Waals surface area contributed by atoms with Crippen molar-refractivity contribution in [2.75, 3.05) is 18.4 Å². The molecule has 0 bridgehead atoms. The summed E-state index contributed by atoms with van der Waals surface area (Å²) in [7, 11) is 1.90. The standard InChI is InChI=1S/C16H23N5.C2H6.CH2O/c1-4-14(12-17-5-2)18-16-19-15(20-21(16)3)13-10-8-6-7-9-11-13;2*1-2/h4,6-8,10-11,17H,5,9,12H2,1-3H3,(H,18,19,20);1-2H3;1H2/b14-4-;;. The Hall–Kier alpha value is -2.47. The lowest BCUT2D eigenvalue weighted by Gasteiger charge is -2.09. The Balaban J connectivity index is 0.00000134. The molecule has 25 heavy (non-hydrogen) atoms. The molecule has 2 N–H and O–H groups in total. The fourth-order valence-electron chi connectivity index (χ4n) is 1.98. The predicted molar refractivity (Wildman–Crippen MR) is 106 cm³/mol. The maximum Gasteiger partial charge on any atom is 0.225 e. The van der Waals surface area contributed by atoms with Crippen LogP contribution in [0.5, 0.6) is 0 Å². The van der Waals surface area contributed by atoms with Crippen molar-refractivity contribution < 1.29 is 4.79 Å². The molecule has 0 aromatic carbocycles. The van der Waals surface area contributed by atoms with E-state index in [0.717, 1.165) is 42.6 Å². The number of carbonyl (C=O) groups is 1. The van der Waals surface area contributed by atoms with Crippen LogP contribution in [0.15, 0.2) is 42.2 Å². The van der Waals surface area contributed by atoms with Gasteiger partial charge in [-0.15, -0.1) is 5.10 Å². The molecule has 1 aliphatic carbocycles. The van der Waals surface area contributed by atoms with Crippen LogP contribution in [-0.4, -0.2) is 34.6 Å². The van der Waals surface area contributed by atoms with Crippen LogP contribution in [0.4, 0.5) is 5.95 Å². The average molecular weight is 345 g/mol. The number of nitrogens with zero attached hydrogens (tertiary/aromatic N) is 3. The molecule has 6 nitrogen and oxygen atoms in total. The highest BCUT2D eigenvalue weighted by atomic mass is 16.1. The Morgan fingerprint density at radius 2 is 2.08 bits per heavy atom. The van der Waals surface area contributed by atoms with E-state index in [1.54, 1.807) is 4.68 Å². The molecule has 0 atom stereocenters. The molecular weight excluding hydrogens is 314 g/mol. The molecule has 0 saturated carbocycles. The molecule has 0 unspecified atom stereocenters. The third kappa shape index (κ3) is 7.76. The molecule has 138 valence electrons. The second-order valence-corrected chi connectivity index (χ2v) is 4.78. The van der Waals surface area contributed by atoms with E-state index in [9.17, 15) is 0 Å². The zero-order valence-corrected chi connectivity index (χ0v) is 16.0. The molecule has 0 radical (unpaired) electrons. The number of rotatable bonds is 6. The van der Waals surface area contributed by atoms with Crippen molar-refractivity contribution in [3.05, 3.63) is 48.0 Å². The first-order valence-corrected chi connectivity index (χ1v) is 8.61. The molecule has 0 amide bonds. The Morgan fingerprint density at radius 1 is 1.36 bits per heavy atom. The molecule has 0 aliphatic heterocycles. The van der Waals surface area contributed by atoms with Gasteiger partial charge in [-0.2, -0.15) is 4.98 Å². The molecule has 0 saturated heterocycles. The molecule has 1 aromatic rings. The van der Waals surface area contributed by atoms with Gasteiger partial charge in [0.05, 0.1) is 0 Å². The SMILES string of the molecule is C/C=C(/CNCC)Nc1nc(C2=CCC=CC=C2)nn1C.C=O.CC. The highest BCUT2D eigenvalue weighted by Gasteiger charge is 2.10. The minimum absolute atomic E-state index is 0.749. The first kappa shape index (κ1) is 22.5. The lowest BCUT2D eigenvalue weighted by atomic mass is 10.2. The molecule has 0 fully saturated rings. The monoisotopic (exact) mass is 345 g/mol. The van der Waals surface area contributed by atoms with E-state index >= 15 is 0 Å². The lowest BCUT2D eigenvalue weighted by molar-refractivity contribution is -0.0979. The van der Waals surface area contributed by atoms with Gasteiger partial charge in [0, 0.05) is 24.9 Å². The van der Waals surface area contributed by atoms with E-state index in [4.69, 9.17) is 4.79 Å². The van der Waals surface area contributed by atoms with Crippen molar-refractivity contribution in [2.45, 2.75) is 34.1 Å². The van der Waals surface area contributed by atoms with Gasteiger partial charge in [-0.3, -0.25) is 0 Å². The van der Waals surface area contributed by atoms with Crippen LogP contribution in [0.3, 0.4) is 0 Å². The fourth-order valence-corrected chi connectivity index (χ4v) is 1.98. The fraction of sp³-hybridized carbons (Fsp3) is 0.421. The lowest BCUT2D eigenvalue weighted by Crippen LogP contribution is -2.21. The zero-order chi connectivity index (χ0) is 19.1. The van der Waals surface area contributed by atoms with E-state index in [0.29, 0.717) is 0 Å². The summed E-state index contributed by atoms with van der Waals surface area (Å²) >= 11 is 0. The van der Waals surface area contributed by atoms with Crippen molar-refractivity contribution in [3.63, 3.8) is 0 Å². The van der Waals surface area contributed by atoms with Crippen LogP contribution in [0.1, 0.15) is 39.9 Å². The zero-order valence-electron chi connectivity index (χ0n) is 16.0. The van der Waals surface area contributed by atoms with Gasteiger partial charge in [0.25, 0.3) is 0 Å². The number of allylic oxidation sites excluding steroid dienone is 7. The van der Waals surface area contributed by atoms with E-state index in [1.807, 2.05) is 58.9 Å². The molecule has 1 aromatic heterocycles. The Kier molecular flexibility index (Phi) is 12.5. The summed E-state index contributed by atoms with van der Waals surface area (Å²) in [4.78, 5) is 12.6. The molecular formula is C19H31N5O. The summed E-state index contributed by atoms with van der Waals surface area (Å²) in [6, 6.07) is 0. The van der Waals surface area contributed by atoms with Gasteiger partial charge >= 0.3 is 0 Å². The van der Waals surface area contributed by atoms with Crippen LogP contribution < -0.4 is 10.6 Å². The Bertz CT molecular complexity index is 611. The number of hydrogen-bond acceptors (Lipinski definition) is 5. The van der Waals surface area contributed by atoms with Crippen LogP contribution in [0, 0.1) is 0 Å². The van der Waals surface area contributed by atoms with Crippen LogP contribution in [0.2, 0.25) is 0 Å². The van der Waals surface area contributed by atoms with E-state index in [2.05, 4.69) is 39.8 Å². The number of likely N-dealkylation sites (N-methyl/N-ethyl adjacent to an activating group) is 1. The van der Waals surface area contributed by atoms with Crippen LogP contribution in [0.25, 0.3) is 5.57 Å². The number of nitrogens with one attached hydrogen (secondary N) is 2. The van der Waals surface area contributed by atoms with E-state index in [-0.39, 0.29) is 0 Å². The molecule has 6 heteroatoms. The summed E-state index contributed by atoms with van der Waals surface area (Å²) in [5.74, 6) is 1.50. The van der Waals surface area contributed by atoms with Crippen molar-refractivity contribution >= 4 is 18.3 Å². The van der Waals surface area contributed by atoms with Gasteiger partial charge in [0.15, 0.2) is 5.82 Å². The van der Waals surface area contributed by atoms with Crippen LogP contribution in [-0.2, 0) is 11.8 Å². The normalized spacial score (nSPS) is 13.0.